The number of aromatic amines is 1. The Morgan fingerprint density at radius 2 is 2.05 bits per heavy atom. The Morgan fingerprint density at radius 1 is 1.20 bits per heavy atom. The second-order valence-corrected chi connectivity index (χ2v) is 4.45. The minimum absolute atomic E-state index is 0.172. The number of aromatic nitrogens is 3. The Morgan fingerprint density at radius 3 is 2.80 bits per heavy atom. The van der Waals surface area contributed by atoms with E-state index in [1.165, 1.54) is 0 Å². The van der Waals surface area contributed by atoms with E-state index in [0.29, 0.717) is 17.9 Å². The van der Waals surface area contributed by atoms with Crippen LogP contribution in [0.2, 0.25) is 0 Å². The van der Waals surface area contributed by atoms with Gasteiger partial charge in [-0.05, 0) is 17.7 Å². The van der Waals surface area contributed by atoms with Crippen LogP contribution in [-0.2, 0) is 6.54 Å². The molecule has 0 fully saturated rings. The SMILES string of the molecule is O=C(Nc1cnn(Cc2ccccc2)c1)c1ccc[nH]1. The van der Waals surface area contributed by atoms with Crippen LogP contribution in [0.1, 0.15) is 16.1 Å². The number of rotatable bonds is 4. The topological polar surface area (TPSA) is 62.7 Å². The molecule has 0 atom stereocenters. The summed E-state index contributed by atoms with van der Waals surface area (Å²) >= 11 is 0. The molecule has 5 heteroatoms. The monoisotopic (exact) mass is 266 g/mol. The average Bonchev–Trinajstić information content (AvgIpc) is 3.11. The second-order valence-electron chi connectivity index (χ2n) is 4.45. The maximum atomic E-state index is 11.9. The molecule has 2 heterocycles. The van der Waals surface area contributed by atoms with Crippen molar-refractivity contribution in [3.63, 3.8) is 0 Å². The standard InChI is InChI=1S/C15H14N4O/c20-15(14-7-4-8-16-14)18-13-9-17-19(11-13)10-12-5-2-1-3-6-12/h1-9,11,16H,10H2,(H,18,20). The fraction of sp³-hybridized carbons (Fsp3) is 0.0667. The van der Waals surface area contributed by atoms with Gasteiger partial charge in [0.1, 0.15) is 5.69 Å². The second kappa shape index (κ2) is 5.44. The van der Waals surface area contributed by atoms with Crippen molar-refractivity contribution < 1.29 is 4.79 Å². The van der Waals surface area contributed by atoms with Gasteiger partial charge in [-0.2, -0.15) is 5.10 Å². The quantitative estimate of drug-likeness (QED) is 0.762. The van der Waals surface area contributed by atoms with Crippen LogP contribution in [0.25, 0.3) is 0 Å². The van der Waals surface area contributed by atoms with E-state index in [2.05, 4.69) is 15.4 Å². The van der Waals surface area contributed by atoms with Gasteiger partial charge in [-0.15, -0.1) is 0 Å². The Labute approximate surface area is 116 Å². The minimum Gasteiger partial charge on any atom is -0.357 e. The highest BCUT2D eigenvalue weighted by molar-refractivity contribution is 6.02. The summed E-state index contributed by atoms with van der Waals surface area (Å²) in [5, 5.41) is 7.03. The Balaban J connectivity index is 1.67. The highest BCUT2D eigenvalue weighted by atomic mass is 16.1. The first-order chi connectivity index (χ1) is 9.81. The minimum atomic E-state index is -0.172. The van der Waals surface area contributed by atoms with E-state index >= 15 is 0 Å². The number of anilines is 1. The predicted molar refractivity (Wildman–Crippen MR) is 76.5 cm³/mol. The molecule has 0 saturated carbocycles. The summed E-state index contributed by atoms with van der Waals surface area (Å²) in [6.45, 7) is 0.680. The number of carbonyl (C=O) groups is 1. The lowest BCUT2D eigenvalue weighted by Crippen LogP contribution is -2.11. The highest BCUT2D eigenvalue weighted by Gasteiger charge is 2.07. The number of carbonyl (C=O) groups excluding carboxylic acids is 1. The van der Waals surface area contributed by atoms with Crippen molar-refractivity contribution in [1.82, 2.24) is 14.8 Å². The summed E-state index contributed by atoms with van der Waals surface area (Å²) in [5.74, 6) is -0.172. The smallest absolute Gasteiger partial charge is 0.272 e. The van der Waals surface area contributed by atoms with Crippen LogP contribution >= 0.6 is 0 Å². The first kappa shape index (κ1) is 12.2. The van der Waals surface area contributed by atoms with E-state index < -0.39 is 0 Å². The number of nitrogens with one attached hydrogen (secondary N) is 2. The van der Waals surface area contributed by atoms with Gasteiger partial charge >= 0.3 is 0 Å². The molecule has 1 aromatic carbocycles. The molecule has 0 aliphatic carbocycles. The third-order valence-corrected chi connectivity index (χ3v) is 2.92. The molecule has 1 amide bonds. The lowest BCUT2D eigenvalue weighted by molar-refractivity contribution is 0.102. The summed E-state index contributed by atoms with van der Waals surface area (Å²) in [6.07, 6.45) is 5.17. The maximum Gasteiger partial charge on any atom is 0.272 e. The number of H-pyrrole nitrogens is 1. The average molecular weight is 266 g/mol. The maximum absolute atomic E-state index is 11.9. The zero-order valence-corrected chi connectivity index (χ0v) is 10.8. The molecule has 20 heavy (non-hydrogen) atoms. The van der Waals surface area contributed by atoms with Gasteiger partial charge in [-0.25, -0.2) is 0 Å². The van der Waals surface area contributed by atoms with Crippen molar-refractivity contribution in [3.05, 3.63) is 72.3 Å². The Bertz CT molecular complexity index is 686. The van der Waals surface area contributed by atoms with Crippen LogP contribution in [-0.4, -0.2) is 20.7 Å². The fourth-order valence-corrected chi connectivity index (χ4v) is 1.96. The van der Waals surface area contributed by atoms with Gasteiger partial charge in [0, 0.05) is 12.4 Å². The molecule has 0 bridgehead atoms. The molecule has 3 rings (SSSR count). The van der Waals surface area contributed by atoms with Gasteiger partial charge in [0.05, 0.1) is 18.4 Å². The number of hydrogen-bond donors (Lipinski definition) is 2. The zero-order chi connectivity index (χ0) is 13.8. The third-order valence-electron chi connectivity index (χ3n) is 2.92. The van der Waals surface area contributed by atoms with Crippen LogP contribution in [0.5, 0.6) is 0 Å². The van der Waals surface area contributed by atoms with Crippen LogP contribution in [0, 0.1) is 0 Å². The van der Waals surface area contributed by atoms with Crippen molar-refractivity contribution in [2.75, 3.05) is 5.32 Å². The highest BCUT2D eigenvalue weighted by Crippen LogP contribution is 2.09. The summed E-state index contributed by atoms with van der Waals surface area (Å²) in [7, 11) is 0. The van der Waals surface area contributed by atoms with Gasteiger partial charge in [0.2, 0.25) is 0 Å². The van der Waals surface area contributed by atoms with E-state index in [1.54, 1.807) is 29.2 Å². The summed E-state index contributed by atoms with van der Waals surface area (Å²) < 4.78 is 1.79. The van der Waals surface area contributed by atoms with Gasteiger partial charge in [-0.3, -0.25) is 9.48 Å². The zero-order valence-electron chi connectivity index (χ0n) is 10.8. The molecule has 3 aromatic rings. The summed E-state index contributed by atoms with van der Waals surface area (Å²) in [4.78, 5) is 14.7. The Kier molecular flexibility index (Phi) is 3.33. The molecular weight excluding hydrogens is 252 g/mol. The molecule has 0 spiro atoms. The van der Waals surface area contributed by atoms with Gasteiger partial charge in [0.15, 0.2) is 0 Å². The molecule has 100 valence electrons. The van der Waals surface area contributed by atoms with Gasteiger partial charge in [0.25, 0.3) is 5.91 Å². The molecule has 2 N–H and O–H groups in total. The van der Waals surface area contributed by atoms with Gasteiger partial charge < -0.3 is 10.3 Å². The molecule has 0 aliphatic heterocycles. The molecular formula is C15H14N4O. The van der Waals surface area contributed by atoms with Gasteiger partial charge in [-0.1, -0.05) is 30.3 Å². The van der Waals surface area contributed by atoms with E-state index in [1.807, 2.05) is 36.5 Å². The lowest BCUT2D eigenvalue weighted by atomic mass is 10.2. The number of hydrogen-bond acceptors (Lipinski definition) is 2. The summed E-state index contributed by atoms with van der Waals surface area (Å²) in [6, 6.07) is 13.6. The molecule has 5 nitrogen and oxygen atoms in total. The molecule has 0 radical (unpaired) electrons. The van der Waals surface area contributed by atoms with Crippen molar-refractivity contribution in [2.24, 2.45) is 0 Å². The van der Waals surface area contributed by atoms with Crippen molar-refractivity contribution in [3.8, 4) is 0 Å². The third kappa shape index (κ3) is 2.77. The first-order valence-corrected chi connectivity index (χ1v) is 6.32. The molecule has 0 unspecified atom stereocenters. The largest absolute Gasteiger partial charge is 0.357 e. The summed E-state index contributed by atoms with van der Waals surface area (Å²) in [5.41, 5.74) is 2.37. The first-order valence-electron chi connectivity index (χ1n) is 6.32. The van der Waals surface area contributed by atoms with Crippen molar-refractivity contribution in [2.45, 2.75) is 6.54 Å². The number of benzene rings is 1. The predicted octanol–water partition coefficient (Wildman–Crippen LogP) is 2.51. The van der Waals surface area contributed by atoms with Crippen LogP contribution < -0.4 is 5.32 Å². The van der Waals surface area contributed by atoms with Crippen molar-refractivity contribution >= 4 is 11.6 Å². The Hall–Kier alpha value is -2.82. The number of amides is 1. The van der Waals surface area contributed by atoms with Crippen LogP contribution in [0.4, 0.5) is 5.69 Å². The normalized spacial score (nSPS) is 10.4. The van der Waals surface area contributed by atoms with Crippen LogP contribution in [0.15, 0.2) is 61.1 Å². The van der Waals surface area contributed by atoms with Crippen LogP contribution in [0.3, 0.4) is 0 Å². The van der Waals surface area contributed by atoms with E-state index in [4.69, 9.17) is 0 Å². The lowest BCUT2D eigenvalue weighted by Gasteiger charge is -2.01. The van der Waals surface area contributed by atoms with E-state index in [0.717, 1.165) is 5.56 Å². The number of nitrogens with zero attached hydrogens (tertiary/aromatic N) is 2. The molecule has 0 aliphatic rings. The van der Waals surface area contributed by atoms with E-state index in [-0.39, 0.29) is 5.91 Å². The van der Waals surface area contributed by atoms with Crippen molar-refractivity contribution in [1.29, 1.82) is 0 Å². The fourth-order valence-electron chi connectivity index (χ4n) is 1.96. The molecule has 2 aromatic heterocycles. The van der Waals surface area contributed by atoms with E-state index in [9.17, 15) is 4.79 Å². The molecule has 0 saturated heterocycles.